The average molecular weight is 334 g/mol. The van der Waals surface area contributed by atoms with Crippen LogP contribution in [0.5, 0.6) is 0 Å². The highest BCUT2D eigenvalue weighted by atomic mass is 32.2. The van der Waals surface area contributed by atoms with E-state index < -0.39 is 10.2 Å². The smallest absolute Gasteiger partial charge is 0.274 e. The van der Waals surface area contributed by atoms with Crippen molar-refractivity contribution in [3.8, 4) is 6.07 Å². The topological polar surface area (TPSA) is 117 Å². The summed E-state index contributed by atoms with van der Waals surface area (Å²) in [6.07, 6.45) is 4.18. The van der Waals surface area contributed by atoms with Crippen molar-refractivity contribution >= 4 is 21.4 Å². The molecule has 0 aromatic carbocycles. The Hall–Kier alpha value is -2.15. The highest BCUT2D eigenvalue weighted by Crippen LogP contribution is 2.34. The molecule has 0 amide bonds. The van der Waals surface area contributed by atoms with Crippen LogP contribution in [0.25, 0.3) is 5.52 Å². The number of fused-ring (bicyclic) bond motifs is 1. The molecule has 3 N–H and O–H groups in total. The molecule has 0 spiro atoms. The third kappa shape index (κ3) is 3.14. The minimum absolute atomic E-state index is 0.332. The van der Waals surface area contributed by atoms with E-state index in [9.17, 15) is 13.7 Å². The lowest BCUT2D eigenvalue weighted by Crippen LogP contribution is -2.48. The molecule has 1 fully saturated rings. The number of hydrogen-bond donors (Lipinski definition) is 2. The standard InChI is InChI=1S/C14H18N6O2S/c1-10-3-5-20-13(10)14(12(6-15)7-17-20)19-8-11(9-19)2-4-18-23(16,21)22/h3,5,7,11,18H,2,4,8-9H2,1H3,(H2,16,21,22). The van der Waals surface area contributed by atoms with Crippen LogP contribution in [0.1, 0.15) is 17.5 Å². The number of rotatable bonds is 5. The van der Waals surface area contributed by atoms with Crippen LogP contribution in [0.15, 0.2) is 18.5 Å². The van der Waals surface area contributed by atoms with E-state index in [2.05, 4.69) is 20.8 Å². The predicted molar refractivity (Wildman–Crippen MR) is 86.1 cm³/mol. The van der Waals surface area contributed by atoms with Gasteiger partial charge in [0.2, 0.25) is 0 Å². The maximum absolute atomic E-state index is 10.9. The van der Waals surface area contributed by atoms with E-state index in [0.29, 0.717) is 18.0 Å². The van der Waals surface area contributed by atoms with E-state index in [1.165, 1.54) is 0 Å². The summed E-state index contributed by atoms with van der Waals surface area (Å²) in [7, 11) is -3.63. The lowest BCUT2D eigenvalue weighted by molar-refractivity contribution is 0.384. The zero-order chi connectivity index (χ0) is 16.6. The Kier molecular flexibility index (Phi) is 3.97. The zero-order valence-electron chi connectivity index (χ0n) is 12.7. The summed E-state index contributed by atoms with van der Waals surface area (Å²) in [5.41, 5.74) is 3.48. The molecule has 0 unspecified atom stereocenters. The van der Waals surface area contributed by atoms with E-state index in [4.69, 9.17) is 5.14 Å². The summed E-state index contributed by atoms with van der Waals surface area (Å²) in [5.74, 6) is 0.374. The molecule has 0 bridgehead atoms. The first-order valence-corrected chi connectivity index (χ1v) is 8.83. The Morgan fingerprint density at radius 1 is 1.52 bits per heavy atom. The van der Waals surface area contributed by atoms with Crippen molar-refractivity contribution in [2.24, 2.45) is 11.1 Å². The number of nitrogens with two attached hydrogens (primary N) is 1. The normalized spacial score (nSPS) is 15.6. The molecule has 2 aromatic rings. The van der Waals surface area contributed by atoms with Crippen molar-refractivity contribution in [3.63, 3.8) is 0 Å². The highest BCUT2D eigenvalue weighted by molar-refractivity contribution is 7.87. The van der Waals surface area contributed by atoms with E-state index in [-0.39, 0.29) is 0 Å². The Labute approximate surface area is 134 Å². The number of nitriles is 1. The number of nitrogens with zero attached hydrogens (tertiary/aromatic N) is 4. The molecule has 23 heavy (non-hydrogen) atoms. The van der Waals surface area contributed by atoms with Gasteiger partial charge in [-0.1, -0.05) is 0 Å². The van der Waals surface area contributed by atoms with Crippen LogP contribution >= 0.6 is 0 Å². The Bertz CT molecular complexity index is 877. The average Bonchev–Trinajstić information content (AvgIpc) is 2.81. The van der Waals surface area contributed by atoms with Gasteiger partial charge in [0.05, 0.1) is 23.0 Å². The van der Waals surface area contributed by atoms with Crippen molar-refractivity contribution in [1.29, 1.82) is 5.26 Å². The van der Waals surface area contributed by atoms with Gasteiger partial charge in [0.15, 0.2) is 0 Å². The molecule has 3 rings (SSSR count). The van der Waals surface area contributed by atoms with E-state index in [1.807, 2.05) is 19.2 Å². The number of hydrogen-bond acceptors (Lipinski definition) is 5. The number of aryl methyl sites for hydroxylation is 1. The first-order chi connectivity index (χ1) is 10.9. The highest BCUT2D eigenvalue weighted by Gasteiger charge is 2.30. The van der Waals surface area contributed by atoms with Crippen molar-refractivity contribution in [2.45, 2.75) is 13.3 Å². The lowest BCUT2D eigenvalue weighted by Gasteiger charge is -2.41. The van der Waals surface area contributed by atoms with Crippen molar-refractivity contribution < 1.29 is 8.42 Å². The largest absolute Gasteiger partial charge is 0.368 e. The van der Waals surface area contributed by atoms with Gasteiger partial charge in [-0.25, -0.2) is 14.4 Å². The summed E-state index contributed by atoms with van der Waals surface area (Å²) >= 11 is 0. The van der Waals surface area contributed by atoms with Gasteiger partial charge >= 0.3 is 0 Å². The van der Waals surface area contributed by atoms with Crippen LogP contribution in [0.2, 0.25) is 0 Å². The van der Waals surface area contributed by atoms with Gasteiger partial charge in [-0.3, -0.25) is 0 Å². The van der Waals surface area contributed by atoms with Gasteiger partial charge in [0, 0.05) is 25.8 Å². The van der Waals surface area contributed by atoms with E-state index in [0.717, 1.165) is 36.3 Å². The second-order valence-corrected chi connectivity index (χ2v) is 7.19. The third-order valence-electron chi connectivity index (χ3n) is 4.11. The van der Waals surface area contributed by atoms with Gasteiger partial charge in [-0.2, -0.15) is 18.8 Å². The van der Waals surface area contributed by atoms with Gasteiger partial charge in [0.1, 0.15) is 6.07 Å². The zero-order valence-corrected chi connectivity index (χ0v) is 13.5. The molecule has 0 saturated carbocycles. The fourth-order valence-corrected chi connectivity index (χ4v) is 3.36. The van der Waals surface area contributed by atoms with E-state index in [1.54, 1.807) is 10.7 Å². The number of nitrogens with one attached hydrogen (secondary N) is 1. The summed E-state index contributed by atoms with van der Waals surface area (Å²) in [6, 6.07) is 4.18. The molecule has 1 saturated heterocycles. The van der Waals surface area contributed by atoms with Crippen LogP contribution in [0.4, 0.5) is 5.69 Å². The van der Waals surface area contributed by atoms with Crippen LogP contribution in [0, 0.1) is 24.2 Å². The molecule has 3 heterocycles. The van der Waals surface area contributed by atoms with Crippen molar-refractivity contribution in [1.82, 2.24) is 14.3 Å². The molecular weight excluding hydrogens is 316 g/mol. The summed E-state index contributed by atoms with van der Waals surface area (Å²) in [6.45, 7) is 3.89. The fraction of sp³-hybridized carbons (Fsp3) is 0.429. The third-order valence-corrected chi connectivity index (χ3v) is 4.72. The molecule has 8 nitrogen and oxygen atoms in total. The molecule has 2 aromatic heterocycles. The summed E-state index contributed by atoms with van der Waals surface area (Å²) < 4.78 is 25.8. The minimum atomic E-state index is -3.63. The van der Waals surface area contributed by atoms with Crippen LogP contribution < -0.4 is 14.8 Å². The van der Waals surface area contributed by atoms with Crippen LogP contribution in [-0.4, -0.2) is 37.7 Å². The summed E-state index contributed by atoms with van der Waals surface area (Å²) in [5, 5.41) is 18.5. The van der Waals surface area contributed by atoms with E-state index >= 15 is 0 Å². The van der Waals surface area contributed by atoms with Gasteiger partial charge in [0.25, 0.3) is 10.2 Å². The first-order valence-electron chi connectivity index (χ1n) is 7.28. The molecule has 0 radical (unpaired) electrons. The molecule has 0 aliphatic carbocycles. The molecular formula is C14H18N6O2S. The van der Waals surface area contributed by atoms with Crippen LogP contribution in [-0.2, 0) is 10.2 Å². The number of anilines is 1. The molecule has 1 aliphatic heterocycles. The van der Waals surface area contributed by atoms with Gasteiger partial charge in [-0.15, -0.1) is 0 Å². The summed E-state index contributed by atoms with van der Waals surface area (Å²) in [4.78, 5) is 2.14. The Morgan fingerprint density at radius 3 is 2.91 bits per heavy atom. The Morgan fingerprint density at radius 2 is 2.26 bits per heavy atom. The van der Waals surface area contributed by atoms with Crippen molar-refractivity contribution in [2.75, 3.05) is 24.5 Å². The lowest BCUT2D eigenvalue weighted by atomic mass is 9.94. The second-order valence-electron chi connectivity index (χ2n) is 5.81. The molecule has 9 heteroatoms. The molecule has 1 aliphatic rings. The molecule has 0 atom stereocenters. The Balaban J connectivity index is 1.74. The van der Waals surface area contributed by atoms with Gasteiger partial charge < -0.3 is 4.90 Å². The van der Waals surface area contributed by atoms with Crippen molar-refractivity contribution in [3.05, 3.63) is 29.6 Å². The first kappa shape index (κ1) is 15.7. The fourth-order valence-electron chi connectivity index (χ4n) is 2.96. The van der Waals surface area contributed by atoms with Gasteiger partial charge in [-0.05, 0) is 30.9 Å². The predicted octanol–water partition coefficient (Wildman–Crippen LogP) is 0.134. The number of aromatic nitrogens is 2. The minimum Gasteiger partial charge on any atom is -0.368 e. The maximum atomic E-state index is 10.9. The monoisotopic (exact) mass is 334 g/mol. The maximum Gasteiger partial charge on any atom is 0.274 e. The van der Waals surface area contributed by atoms with Crippen LogP contribution in [0.3, 0.4) is 0 Å². The quantitative estimate of drug-likeness (QED) is 0.806. The molecule has 122 valence electrons. The SMILES string of the molecule is Cc1ccn2ncc(C#N)c(N3CC(CCNS(N)(=O)=O)C3)c12. The second kappa shape index (κ2) is 5.81.